The zero-order valence-electron chi connectivity index (χ0n) is 16.8. The number of nitrogens with one attached hydrogen (secondary N) is 2. The van der Waals surface area contributed by atoms with Gasteiger partial charge in [0.2, 0.25) is 15.9 Å². The second-order valence-corrected chi connectivity index (χ2v) is 10.1. The molecule has 1 amide bonds. The Morgan fingerprint density at radius 2 is 1.79 bits per heavy atom. The monoisotopic (exact) mass is 404 g/mol. The van der Waals surface area contributed by atoms with Crippen molar-refractivity contribution in [1.29, 1.82) is 0 Å². The zero-order valence-corrected chi connectivity index (χ0v) is 17.6. The summed E-state index contributed by atoms with van der Waals surface area (Å²) < 4.78 is 25.6. The number of unbranched alkanes of at least 4 members (excludes halogenated alkanes) is 1. The number of anilines is 1. The predicted octanol–water partition coefficient (Wildman–Crippen LogP) is 3.28. The van der Waals surface area contributed by atoms with Gasteiger partial charge in [0.05, 0.1) is 22.8 Å². The van der Waals surface area contributed by atoms with Gasteiger partial charge in [-0.3, -0.25) is 9.78 Å². The molecular weight excluding hydrogens is 376 g/mol. The molecule has 0 saturated carbocycles. The van der Waals surface area contributed by atoms with Crippen molar-refractivity contribution in [2.24, 2.45) is 0 Å². The summed E-state index contributed by atoms with van der Waals surface area (Å²) in [6.07, 6.45) is 4.63. The lowest BCUT2D eigenvalue weighted by Gasteiger charge is -2.19. The minimum absolute atomic E-state index is 0.170. The van der Waals surface area contributed by atoms with E-state index in [2.05, 4.69) is 20.0 Å². The van der Waals surface area contributed by atoms with Crippen LogP contribution in [0.15, 0.2) is 36.7 Å². The molecule has 2 aromatic rings. The van der Waals surface area contributed by atoms with Gasteiger partial charge in [-0.1, -0.05) is 24.3 Å². The maximum absolute atomic E-state index is 12.0. The van der Waals surface area contributed by atoms with Crippen molar-refractivity contribution in [3.05, 3.63) is 42.2 Å². The van der Waals surface area contributed by atoms with Gasteiger partial charge in [0, 0.05) is 18.5 Å². The van der Waals surface area contributed by atoms with E-state index < -0.39 is 14.8 Å². The van der Waals surface area contributed by atoms with Crippen LogP contribution in [0.3, 0.4) is 0 Å². The summed E-state index contributed by atoms with van der Waals surface area (Å²) in [6.45, 7) is 7.27. The number of carbonyl (C=O) groups excluding carboxylic acids is 1. The number of amides is 1. The molecule has 7 nitrogen and oxygen atoms in total. The van der Waals surface area contributed by atoms with E-state index in [0.29, 0.717) is 31.6 Å². The second kappa shape index (κ2) is 9.25. The zero-order chi connectivity index (χ0) is 20.8. The fourth-order valence-electron chi connectivity index (χ4n) is 2.43. The molecule has 0 atom stereocenters. The summed E-state index contributed by atoms with van der Waals surface area (Å²) in [6, 6.07) is 7.90. The standard InChI is InChI=1S/C20H28N4O3S/c1-15-9-5-6-10-16(15)17-13-22-18(14-21-17)24-19(25)11-7-8-12-23-28(26,27)20(2,3)4/h5-6,9-10,13-14,23H,7-8,11-12H2,1-4H3,(H,22,24,25). The molecule has 1 aromatic heterocycles. The average molecular weight is 405 g/mol. The van der Waals surface area contributed by atoms with E-state index in [0.717, 1.165) is 16.8 Å². The number of aromatic nitrogens is 2. The van der Waals surface area contributed by atoms with Crippen molar-refractivity contribution in [1.82, 2.24) is 14.7 Å². The average Bonchev–Trinajstić information content (AvgIpc) is 2.61. The molecule has 152 valence electrons. The van der Waals surface area contributed by atoms with Crippen LogP contribution in [0.4, 0.5) is 5.82 Å². The van der Waals surface area contributed by atoms with Gasteiger partial charge in [-0.15, -0.1) is 0 Å². The summed E-state index contributed by atoms with van der Waals surface area (Å²) in [4.78, 5) is 20.6. The fourth-order valence-corrected chi connectivity index (χ4v) is 3.28. The highest BCUT2D eigenvalue weighted by Gasteiger charge is 2.27. The molecule has 0 radical (unpaired) electrons. The topological polar surface area (TPSA) is 101 Å². The SMILES string of the molecule is Cc1ccccc1-c1cnc(NC(=O)CCCCNS(=O)(=O)C(C)(C)C)cn1. The van der Waals surface area contributed by atoms with Gasteiger partial charge in [-0.05, 0) is 46.1 Å². The number of carbonyl (C=O) groups is 1. The van der Waals surface area contributed by atoms with Gasteiger partial charge in [-0.25, -0.2) is 18.1 Å². The van der Waals surface area contributed by atoms with Crippen molar-refractivity contribution in [2.75, 3.05) is 11.9 Å². The molecule has 1 heterocycles. The molecular formula is C20H28N4O3S. The number of hydrogen-bond acceptors (Lipinski definition) is 5. The lowest BCUT2D eigenvalue weighted by Crippen LogP contribution is -2.39. The van der Waals surface area contributed by atoms with Crippen LogP contribution in [0.1, 0.15) is 45.6 Å². The van der Waals surface area contributed by atoms with Gasteiger partial charge in [0.15, 0.2) is 5.82 Å². The van der Waals surface area contributed by atoms with E-state index in [9.17, 15) is 13.2 Å². The summed E-state index contributed by atoms with van der Waals surface area (Å²) in [5.41, 5.74) is 2.86. The van der Waals surface area contributed by atoms with Crippen LogP contribution in [0.25, 0.3) is 11.3 Å². The van der Waals surface area contributed by atoms with Crippen LogP contribution < -0.4 is 10.0 Å². The predicted molar refractivity (Wildman–Crippen MR) is 111 cm³/mol. The third-order valence-electron chi connectivity index (χ3n) is 4.27. The Labute approximate surface area is 167 Å². The number of benzene rings is 1. The Morgan fingerprint density at radius 3 is 2.39 bits per heavy atom. The minimum Gasteiger partial charge on any atom is -0.309 e. The first kappa shape index (κ1) is 22.0. The van der Waals surface area contributed by atoms with Gasteiger partial charge >= 0.3 is 0 Å². The molecule has 2 rings (SSSR count). The van der Waals surface area contributed by atoms with Crippen molar-refractivity contribution >= 4 is 21.7 Å². The van der Waals surface area contributed by atoms with Crippen LogP contribution in [0.5, 0.6) is 0 Å². The fraction of sp³-hybridized carbons (Fsp3) is 0.450. The lowest BCUT2D eigenvalue weighted by molar-refractivity contribution is -0.116. The molecule has 0 fully saturated rings. The van der Waals surface area contributed by atoms with Crippen LogP contribution in [0, 0.1) is 6.92 Å². The van der Waals surface area contributed by atoms with E-state index in [-0.39, 0.29) is 5.91 Å². The normalized spacial score (nSPS) is 12.0. The van der Waals surface area contributed by atoms with E-state index in [1.54, 1.807) is 27.0 Å². The minimum atomic E-state index is -3.35. The third kappa shape index (κ3) is 6.10. The van der Waals surface area contributed by atoms with Gasteiger partial charge < -0.3 is 5.32 Å². The molecule has 0 bridgehead atoms. The van der Waals surface area contributed by atoms with E-state index in [1.807, 2.05) is 31.2 Å². The Kier molecular flexibility index (Phi) is 7.26. The largest absolute Gasteiger partial charge is 0.309 e. The molecule has 0 saturated heterocycles. The Hall–Kier alpha value is -2.32. The van der Waals surface area contributed by atoms with Crippen molar-refractivity contribution in [2.45, 2.75) is 51.7 Å². The van der Waals surface area contributed by atoms with Crippen molar-refractivity contribution in [3.63, 3.8) is 0 Å². The van der Waals surface area contributed by atoms with E-state index in [1.165, 1.54) is 6.20 Å². The van der Waals surface area contributed by atoms with Gasteiger partial charge in [0.25, 0.3) is 0 Å². The number of sulfonamides is 1. The number of aryl methyl sites for hydroxylation is 1. The van der Waals surface area contributed by atoms with Gasteiger partial charge in [-0.2, -0.15) is 0 Å². The molecule has 1 aromatic carbocycles. The second-order valence-electron chi connectivity index (χ2n) is 7.62. The molecule has 0 aliphatic carbocycles. The first-order valence-electron chi connectivity index (χ1n) is 9.27. The number of rotatable bonds is 8. The molecule has 28 heavy (non-hydrogen) atoms. The third-order valence-corrected chi connectivity index (χ3v) is 6.47. The van der Waals surface area contributed by atoms with Crippen molar-refractivity contribution < 1.29 is 13.2 Å². The summed E-state index contributed by atoms with van der Waals surface area (Å²) in [5, 5.41) is 2.72. The van der Waals surface area contributed by atoms with E-state index in [4.69, 9.17) is 0 Å². The first-order chi connectivity index (χ1) is 13.1. The Balaban J connectivity index is 1.77. The van der Waals surface area contributed by atoms with Crippen LogP contribution in [-0.2, 0) is 14.8 Å². The van der Waals surface area contributed by atoms with Crippen LogP contribution in [0.2, 0.25) is 0 Å². The molecule has 0 spiro atoms. The number of nitrogens with zero attached hydrogens (tertiary/aromatic N) is 2. The summed E-state index contributed by atoms with van der Waals surface area (Å²) >= 11 is 0. The molecule has 0 unspecified atom stereocenters. The lowest BCUT2D eigenvalue weighted by atomic mass is 10.1. The van der Waals surface area contributed by atoms with Crippen molar-refractivity contribution in [3.8, 4) is 11.3 Å². The maximum Gasteiger partial charge on any atom is 0.225 e. The highest BCUT2D eigenvalue weighted by Crippen LogP contribution is 2.20. The Bertz CT molecular complexity index is 904. The highest BCUT2D eigenvalue weighted by atomic mass is 32.2. The first-order valence-corrected chi connectivity index (χ1v) is 10.8. The summed E-state index contributed by atoms with van der Waals surface area (Å²) in [7, 11) is -3.35. The quantitative estimate of drug-likeness (QED) is 0.658. The molecule has 0 aliphatic rings. The number of hydrogen-bond donors (Lipinski definition) is 2. The highest BCUT2D eigenvalue weighted by molar-refractivity contribution is 7.90. The maximum atomic E-state index is 12.0. The van der Waals surface area contributed by atoms with Crippen LogP contribution in [-0.4, -0.2) is 35.6 Å². The summed E-state index contributed by atoms with van der Waals surface area (Å²) in [5.74, 6) is 0.229. The Morgan fingerprint density at radius 1 is 1.07 bits per heavy atom. The van der Waals surface area contributed by atoms with E-state index >= 15 is 0 Å². The molecule has 0 aliphatic heterocycles. The molecule has 8 heteroatoms. The molecule has 2 N–H and O–H groups in total. The van der Waals surface area contributed by atoms with Gasteiger partial charge in [0.1, 0.15) is 0 Å². The smallest absolute Gasteiger partial charge is 0.225 e. The van der Waals surface area contributed by atoms with Crippen LogP contribution >= 0.6 is 0 Å².